The number of pyridine rings is 1. The Kier molecular flexibility index (Phi) is 5.38. The summed E-state index contributed by atoms with van der Waals surface area (Å²) in [7, 11) is 0. The van der Waals surface area contributed by atoms with Crippen LogP contribution in [0.1, 0.15) is 96.3 Å². The van der Waals surface area contributed by atoms with E-state index in [9.17, 15) is 5.11 Å². The highest BCUT2D eigenvalue weighted by molar-refractivity contribution is 5.98. The monoisotopic (exact) mass is 832 g/mol. The third kappa shape index (κ3) is 7.74. The van der Waals surface area contributed by atoms with Gasteiger partial charge in [0, 0.05) is 61.5 Å². The fourth-order valence-electron chi connectivity index (χ4n) is 7.78. The number of phenols is 1. The molecule has 9 aromatic rings. The van der Waals surface area contributed by atoms with Crippen LogP contribution in [0.3, 0.4) is 0 Å². The average Bonchev–Trinajstić information content (AvgIpc) is 0.773. The van der Waals surface area contributed by atoms with Crippen LogP contribution in [0.15, 0.2) is 170 Å². The molecule has 1 N–H and O–H groups in total. The van der Waals surface area contributed by atoms with E-state index in [2.05, 4.69) is 0 Å². The fraction of sp³-hybridized carbons (Fsp3) is 0.172. The number of phenolic OH excluding ortho intramolecular Hbond substituents is 1. The van der Waals surface area contributed by atoms with Crippen LogP contribution in [-0.4, -0.2) is 19.6 Å². The van der Waals surface area contributed by atoms with Crippen molar-refractivity contribution in [1.29, 1.82) is 0 Å². The summed E-state index contributed by atoms with van der Waals surface area (Å²) in [6.45, 7) is -30.3. The molecule has 0 aliphatic carbocycles. The third-order valence-corrected chi connectivity index (χ3v) is 10.8. The summed E-state index contributed by atoms with van der Waals surface area (Å²) >= 11 is 0. The molecule has 7 aromatic carbocycles. The van der Waals surface area contributed by atoms with Gasteiger partial charge < -0.3 is 5.11 Å². The molecule has 0 spiro atoms. The Hall–Kier alpha value is -7.04. The van der Waals surface area contributed by atoms with Gasteiger partial charge >= 0.3 is 0 Å². The van der Waals surface area contributed by atoms with Gasteiger partial charge in [-0.15, -0.1) is 0 Å². The lowest BCUT2D eigenvalue weighted by atomic mass is 9.79. The van der Waals surface area contributed by atoms with Gasteiger partial charge in [-0.25, -0.2) is 4.98 Å². The van der Waals surface area contributed by atoms with E-state index in [1.54, 1.807) is 79.0 Å². The second kappa shape index (κ2) is 15.8. The Balaban J connectivity index is 1.46. The molecule has 4 nitrogen and oxygen atoms in total. The smallest absolute Gasteiger partial charge is 0.149 e. The van der Waals surface area contributed by atoms with Gasteiger partial charge in [0.05, 0.1) is 22.3 Å². The Morgan fingerprint density at radius 2 is 1.23 bits per heavy atom. The summed E-state index contributed by atoms with van der Waals surface area (Å²) in [6, 6.07) is 42.8. The van der Waals surface area contributed by atoms with Crippen LogP contribution in [0.2, 0.25) is 0 Å². The molecule has 0 unspecified atom stereocenters. The highest BCUT2D eigenvalue weighted by Crippen LogP contribution is 2.45. The minimum atomic E-state index is -4.24. The van der Waals surface area contributed by atoms with Crippen LogP contribution in [0.25, 0.3) is 83.9 Å². The Bertz CT molecular complexity index is 3930. The summed E-state index contributed by atoms with van der Waals surface area (Å²) in [5.41, 5.74) is -7.18. The number of imidazole rings is 1. The van der Waals surface area contributed by atoms with Gasteiger partial charge in [0.1, 0.15) is 11.6 Å². The maximum absolute atomic E-state index is 13.0. The Labute approximate surface area is 400 Å². The van der Waals surface area contributed by atoms with E-state index < -0.39 is 93.9 Å². The molecule has 9 rings (SSSR count). The summed E-state index contributed by atoms with van der Waals surface area (Å²) in [6.07, 6.45) is 1.58. The number of hydrogen-bond acceptors (Lipinski definition) is 3. The third-order valence-electron chi connectivity index (χ3n) is 10.8. The lowest BCUT2D eigenvalue weighted by molar-refractivity contribution is 0.446. The molecule has 0 aliphatic rings. The molecule has 0 atom stereocenters. The number of fused-ring (bicyclic) bond motifs is 1. The van der Waals surface area contributed by atoms with E-state index in [1.165, 1.54) is 41.0 Å². The van der Waals surface area contributed by atoms with Crippen LogP contribution in [-0.2, 0) is 10.8 Å². The van der Waals surface area contributed by atoms with Crippen LogP contribution >= 0.6 is 0 Å². The summed E-state index contributed by atoms with van der Waals surface area (Å²) in [5.74, 6) is -2.11. The molecule has 0 bridgehead atoms. The normalized spacial score (nSPS) is 19.3. The number of aromatic hydroxyl groups is 1. The first kappa shape index (κ1) is 21.2. The maximum Gasteiger partial charge on any atom is 0.149 e. The zero-order chi connectivity index (χ0) is 63.3. The minimum absolute atomic E-state index is 0.00825. The molecule has 2 heterocycles. The lowest BCUT2D eigenvalue weighted by Gasteiger charge is -2.27. The van der Waals surface area contributed by atoms with Crippen molar-refractivity contribution in [2.24, 2.45) is 0 Å². The Morgan fingerprint density at radius 3 is 1.95 bits per heavy atom. The van der Waals surface area contributed by atoms with Crippen LogP contribution in [0.5, 0.6) is 5.75 Å². The van der Waals surface area contributed by atoms with E-state index in [0.29, 0.717) is 45.1 Å². The molecule has 0 amide bonds. The number of nitrogens with zero attached hydrogens (tertiary/aromatic N) is 3. The zero-order valence-corrected chi connectivity index (χ0v) is 33.0. The molecular formula is C58H53N3O. The van der Waals surface area contributed by atoms with Crippen molar-refractivity contribution in [3.05, 3.63) is 192 Å². The molecule has 4 heteroatoms. The Morgan fingerprint density at radius 1 is 0.516 bits per heavy atom. The van der Waals surface area contributed by atoms with Crippen molar-refractivity contribution >= 4 is 11.0 Å². The molecule has 0 fully saturated rings. The van der Waals surface area contributed by atoms with Crippen LogP contribution in [0, 0.1) is 13.7 Å². The van der Waals surface area contributed by atoms with Crippen molar-refractivity contribution in [1.82, 2.24) is 14.5 Å². The van der Waals surface area contributed by atoms with E-state index in [0.717, 1.165) is 5.56 Å². The molecule has 0 aliphatic heterocycles. The van der Waals surface area contributed by atoms with Crippen molar-refractivity contribution in [2.75, 3.05) is 0 Å². The molecular weight excluding hydrogens is 755 g/mol. The topological polar surface area (TPSA) is 50.9 Å². The quantitative estimate of drug-likeness (QED) is 0.174. The molecule has 0 saturated carbocycles. The second-order valence-electron chi connectivity index (χ2n) is 15.1. The van der Waals surface area contributed by atoms with Crippen molar-refractivity contribution in [3.8, 4) is 78.6 Å². The van der Waals surface area contributed by atoms with Gasteiger partial charge in [-0.3, -0.25) is 9.55 Å². The predicted molar refractivity (Wildman–Crippen MR) is 260 cm³/mol. The largest absolute Gasteiger partial charge is 0.507 e. The highest BCUT2D eigenvalue weighted by atomic mass is 16.3. The lowest BCUT2D eigenvalue weighted by Crippen LogP contribution is -2.17. The van der Waals surface area contributed by atoms with Crippen molar-refractivity contribution in [2.45, 2.75) is 65.6 Å². The van der Waals surface area contributed by atoms with Crippen LogP contribution < -0.4 is 0 Å². The number of para-hydroxylation sites is 1. The first-order valence-corrected chi connectivity index (χ1v) is 19.5. The summed E-state index contributed by atoms with van der Waals surface area (Å²) in [4.78, 5) is 9.76. The van der Waals surface area contributed by atoms with Crippen LogP contribution in [0.4, 0.5) is 0 Å². The zero-order valence-electron chi connectivity index (χ0n) is 57.0. The maximum atomic E-state index is 13.0. The van der Waals surface area contributed by atoms with Gasteiger partial charge in [0.15, 0.2) is 0 Å². The molecule has 62 heavy (non-hydrogen) atoms. The number of rotatable bonds is 7. The number of benzene rings is 7. The predicted octanol–water partition coefficient (Wildman–Crippen LogP) is 15.3. The minimum Gasteiger partial charge on any atom is -0.507 e. The van der Waals surface area contributed by atoms with Crippen molar-refractivity contribution in [3.63, 3.8) is 0 Å². The first-order chi connectivity index (χ1) is 39.6. The highest BCUT2D eigenvalue weighted by Gasteiger charge is 2.29. The van der Waals surface area contributed by atoms with Gasteiger partial charge in [-0.05, 0) is 129 Å². The van der Waals surface area contributed by atoms with Gasteiger partial charge in [0.2, 0.25) is 0 Å². The molecule has 0 radical (unpaired) electrons. The number of hydrogen-bond donors (Lipinski definition) is 1. The number of aryl methyl sites for hydroxylation is 2. The molecule has 0 saturated heterocycles. The van der Waals surface area contributed by atoms with E-state index in [-0.39, 0.29) is 45.0 Å². The van der Waals surface area contributed by atoms with E-state index >= 15 is 0 Å². The summed E-state index contributed by atoms with van der Waals surface area (Å²) in [5, 5.41) is 13.0. The summed E-state index contributed by atoms with van der Waals surface area (Å²) < 4.78 is 208. The van der Waals surface area contributed by atoms with Gasteiger partial charge in [0.25, 0.3) is 0 Å². The fourth-order valence-corrected chi connectivity index (χ4v) is 7.78. The first-order valence-electron chi connectivity index (χ1n) is 31.5. The second-order valence-corrected chi connectivity index (χ2v) is 15.1. The van der Waals surface area contributed by atoms with Gasteiger partial charge in [-0.2, -0.15) is 0 Å². The number of aromatic nitrogens is 3. The van der Waals surface area contributed by atoms with Crippen molar-refractivity contribution < 1.29 is 38.0 Å². The standard InChI is InChI=1S/C58H53N3O/c1-37-22-24-40(25-23-37)42-28-29-59-52(34-42)45-32-43(39-16-11-9-12-17-39)31-44(33-45)49-20-15-21-53-54(49)60-56(50-35-46(57(3,4)5)36-51(55(50)62)58(6,7)8)61(53)47-26-27-48(38(2)30-47)41-18-13-10-14-19-41/h9-36,62H,1-8H3/i1D3,2D3,3D3,4D3,5D3,6D3,7D3,8D3. The van der Waals surface area contributed by atoms with E-state index in [1.807, 2.05) is 42.5 Å². The van der Waals surface area contributed by atoms with E-state index in [4.69, 9.17) is 42.9 Å². The average molecular weight is 832 g/mol. The SMILES string of the molecule is [2H]C([2H])([2H])c1ccc(-c2ccnc(-c3cc(-c4ccccc4)cc(-c4cccc5c4nc(-c4cc(C(C([2H])([2H])[2H])(C([2H])([2H])[2H])C([2H])([2H])[2H])cc(C(C([2H])([2H])[2H])(C([2H])([2H])[2H])C([2H])([2H])[2H])c4O)n5-c4ccc(-c5ccccc5)c(C([2H])([2H])[2H])c4)c3)c2)cc1. The molecule has 2 aromatic heterocycles. The van der Waals surface area contributed by atoms with Gasteiger partial charge in [-0.1, -0.05) is 156 Å². The molecule has 306 valence electrons.